The summed E-state index contributed by atoms with van der Waals surface area (Å²) in [6.45, 7) is 0.314. The number of carbonyl (C=O) groups excluding carboxylic acids is 1. The number of para-hydroxylation sites is 1. The first-order chi connectivity index (χ1) is 9.22. The predicted octanol–water partition coefficient (Wildman–Crippen LogP) is 3.04. The number of hydrogen-bond acceptors (Lipinski definition) is 3. The van der Waals surface area contributed by atoms with Crippen LogP contribution in [-0.2, 0) is 6.54 Å². The normalized spacial score (nSPS) is 10.2. The highest BCUT2D eigenvalue weighted by atomic mass is 32.2. The van der Waals surface area contributed by atoms with Crippen LogP contribution in [0, 0.1) is 0 Å². The van der Waals surface area contributed by atoms with E-state index in [9.17, 15) is 9.90 Å². The van der Waals surface area contributed by atoms with Crippen molar-refractivity contribution in [3.63, 3.8) is 0 Å². The van der Waals surface area contributed by atoms with Crippen molar-refractivity contribution in [1.82, 2.24) is 5.32 Å². The van der Waals surface area contributed by atoms with Crippen molar-refractivity contribution >= 4 is 17.7 Å². The molecular weight excluding hydrogens is 258 g/mol. The molecule has 0 aliphatic rings. The van der Waals surface area contributed by atoms with E-state index < -0.39 is 0 Å². The van der Waals surface area contributed by atoms with Crippen molar-refractivity contribution in [2.45, 2.75) is 11.4 Å². The van der Waals surface area contributed by atoms with Gasteiger partial charge in [-0.15, -0.1) is 11.8 Å². The fraction of sp³-hybridized carbons (Fsp3) is 0.133. The molecule has 98 valence electrons. The Labute approximate surface area is 116 Å². The highest BCUT2D eigenvalue weighted by Crippen LogP contribution is 2.20. The minimum atomic E-state index is -0.131. The lowest BCUT2D eigenvalue weighted by molar-refractivity contribution is 0.0948. The average Bonchev–Trinajstić information content (AvgIpc) is 2.46. The smallest absolute Gasteiger partial charge is 0.252 e. The molecule has 2 N–H and O–H groups in total. The minimum absolute atomic E-state index is 0.131. The molecule has 0 fully saturated rings. The number of aromatic hydroxyl groups is 1. The third-order valence-electron chi connectivity index (χ3n) is 2.78. The largest absolute Gasteiger partial charge is 0.508 e. The van der Waals surface area contributed by atoms with E-state index in [1.807, 2.05) is 30.5 Å². The zero-order valence-electron chi connectivity index (χ0n) is 10.6. The van der Waals surface area contributed by atoms with Crippen LogP contribution >= 0.6 is 11.8 Å². The Hall–Kier alpha value is -1.94. The molecule has 0 unspecified atom stereocenters. The predicted molar refractivity (Wildman–Crippen MR) is 77.5 cm³/mol. The van der Waals surface area contributed by atoms with Gasteiger partial charge < -0.3 is 10.4 Å². The summed E-state index contributed by atoms with van der Waals surface area (Å²) >= 11 is 1.54. The second kappa shape index (κ2) is 6.29. The second-order valence-corrected chi connectivity index (χ2v) is 4.86. The Morgan fingerprint density at radius 1 is 1.16 bits per heavy atom. The van der Waals surface area contributed by atoms with E-state index in [1.54, 1.807) is 24.3 Å². The van der Waals surface area contributed by atoms with Crippen molar-refractivity contribution in [3.8, 4) is 5.75 Å². The van der Waals surface area contributed by atoms with Gasteiger partial charge in [-0.05, 0) is 24.5 Å². The highest BCUT2D eigenvalue weighted by molar-refractivity contribution is 7.98. The van der Waals surface area contributed by atoms with Gasteiger partial charge in [0.05, 0.1) is 5.56 Å². The lowest BCUT2D eigenvalue weighted by Gasteiger charge is -2.09. The van der Waals surface area contributed by atoms with Gasteiger partial charge in [0, 0.05) is 17.0 Å². The van der Waals surface area contributed by atoms with Gasteiger partial charge in [-0.2, -0.15) is 0 Å². The van der Waals surface area contributed by atoms with Crippen molar-refractivity contribution in [2.24, 2.45) is 0 Å². The summed E-state index contributed by atoms with van der Waals surface area (Å²) < 4.78 is 0. The lowest BCUT2D eigenvalue weighted by atomic mass is 10.2. The number of amides is 1. The van der Waals surface area contributed by atoms with Gasteiger partial charge in [-0.1, -0.05) is 30.3 Å². The summed E-state index contributed by atoms with van der Waals surface area (Å²) in [4.78, 5) is 13.0. The number of nitrogens with one attached hydrogen (secondary N) is 1. The van der Waals surface area contributed by atoms with E-state index in [4.69, 9.17) is 0 Å². The molecule has 0 aromatic heterocycles. The summed E-state index contributed by atoms with van der Waals surface area (Å²) in [6.07, 6.45) is 1.94. The average molecular weight is 273 g/mol. The summed E-state index contributed by atoms with van der Waals surface area (Å²) in [7, 11) is 0. The van der Waals surface area contributed by atoms with Crippen LogP contribution in [0.2, 0.25) is 0 Å². The number of rotatable bonds is 4. The number of benzene rings is 2. The van der Waals surface area contributed by atoms with Gasteiger partial charge in [0.2, 0.25) is 0 Å². The molecule has 0 radical (unpaired) electrons. The molecule has 2 aromatic rings. The molecular formula is C15H15NO2S. The van der Waals surface area contributed by atoms with Gasteiger partial charge in [0.15, 0.2) is 0 Å². The Kier molecular flexibility index (Phi) is 4.47. The molecule has 0 bridgehead atoms. The maximum Gasteiger partial charge on any atom is 0.252 e. The molecule has 0 aliphatic carbocycles. The van der Waals surface area contributed by atoms with Crippen LogP contribution in [0.1, 0.15) is 15.9 Å². The number of phenols is 1. The maximum absolute atomic E-state index is 12.1. The van der Waals surface area contributed by atoms with Crippen molar-refractivity contribution in [1.29, 1.82) is 0 Å². The molecule has 0 heterocycles. The number of hydrogen-bond donors (Lipinski definition) is 2. The molecule has 3 nitrogen and oxygen atoms in total. The Morgan fingerprint density at radius 3 is 2.58 bits per heavy atom. The van der Waals surface area contributed by atoms with Crippen LogP contribution in [0.5, 0.6) is 5.75 Å². The van der Waals surface area contributed by atoms with Gasteiger partial charge in [0.1, 0.15) is 5.75 Å². The van der Waals surface area contributed by atoms with Crippen molar-refractivity contribution in [3.05, 3.63) is 59.7 Å². The van der Waals surface area contributed by atoms with Crippen LogP contribution in [0.4, 0.5) is 0 Å². The first-order valence-corrected chi connectivity index (χ1v) is 7.13. The molecule has 1 amide bonds. The summed E-state index contributed by atoms with van der Waals surface area (Å²) in [5.41, 5.74) is 1.36. The fourth-order valence-electron chi connectivity index (χ4n) is 1.76. The molecule has 0 saturated carbocycles. The minimum Gasteiger partial charge on any atom is -0.508 e. The van der Waals surface area contributed by atoms with E-state index in [-0.39, 0.29) is 11.7 Å². The van der Waals surface area contributed by atoms with Gasteiger partial charge in [-0.3, -0.25) is 4.79 Å². The van der Waals surface area contributed by atoms with Crippen LogP contribution < -0.4 is 5.32 Å². The van der Waals surface area contributed by atoms with Crippen LogP contribution in [-0.4, -0.2) is 17.3 Å². The van der Waals surface area contributed by atoms with Crippen LogP contribution in [0.3, 0.4) is 0 Å². The molecule has 2 aromatic carbocycles. The fourth-order valence-corrected chi connectivity index (χ4v) is 2.36. The number of carbonyl (C=O) groups is 1. The third kappa shape index (κ3) is 3.29. The lowest BCUT2D eigenvalue weighted by Crippen LogP contribution is -2.23. The van der Waals surface area contributed by atoms with E-state index in [0.29, 0.717) is 17.7 Å². The van der Waals surface area contributed by atoms with E-state index in [1.165, 1.54) is 11.8 Å². The van der Waals surface area contributed by atoms with E-state index >= 15 is 0 Å². The molecule has 0 saturated heterocycles. The van der Waals surface area contributed by atoms with E-state index in [0.717, 1.165) is 4.90 Å². The first-order valence-electron chi connectivity index (χ1n) is 5.90. The number of phenolic OH excluding ortho intramolecular Hbond substituents is 1. The molecule has 19 heavy (non-hydrogen) atoms. The Bertz CT molecular complexity index is 584. The van der Waals surface area contributed by atoms with E-state index in [2.05, 4.69) is 5.32 Å². The summed E-state index contributed by atoms with van der Waals surface area (Å²) in [5.74, 6) is 0.0640. The Balaban J connectivity index is 2.08. The van der Waals surface area contributed by atoms with Crippen LogP contribution in [0.15, 0.2) is 53.4 Å². The van der Waals surface area contributed by atoms with Gasteiger partial charge in [0.25, 0.3) is 5.91 Å². The monoisotopic (exact) mass is 273 g/mol. The molecule has 2 rings (SSSR count). The third-order valence-corrected chi connectivity index (χ3v) is 3.58. The summed E-state index contributed by atoms with van der Waals surface area (Å²) in [5, 5.41) is 12.5. The van der Waals surface area contributed by atoms with Gasteiger partial charge in [-0.25, -0.2) is 0 Å². The molecule has 0 spiro atoms. The molecule has 4 heteroatoms. The molecule has 0 atom stereocenters. The zero-order valence-corrected chi connectivity index (χ0v) is 11.4. The van der Waals surface area contributed by atoms with Crippen molar-refractivity contribution in [2.75, 3.05) is 6.26 Å². The Morgan fingerprint density at radius 2 is 1.84 bits per heavy atom. The highest BCUT2D eigenvalue weighted by Gasteiger charge is 2.10. The van der Waals surface area contributed by atoms with Crippen molar-refractivity contribution < 1.29 is 9.90 Å². The summed E-state index contributed by atoms with van der Waals surface area (Å²) in [6, 6.07) is 14.4. The molecule has 0 aliphatic heterocycles. The number of thioether (sulfide) groups is 1. The SMILES string of the molecule is CSc1ccccc1C(=O)NCc1ccccc1O. The van der Waals surface area contributed by atoms with Crippen LogP contribution in [0.25, 0.3) is 0 Å². The quantitative estimate of drug-likeness (QED) is 0.842. The topological polar surface area (TPSA) is 49.3 Å². The van der Waals surface area contributed by atoms with Gasteiger partial charge >= 0.3 is 0 Å². The standard InChI is InChI=1S/C15H15NO2S/c1-19-14-9-5-3-7-12(14)15(18)16-10-11-6-2-4-8-13(11)17/h2-9,17H,10H2,1H3,(H,16,18). The first kappa shape index (κ1) is 13.5. The zero-order chi connectivity index (χ0) is 13.7. The maximum atomic E-state index is 12.1. The second-order valence-electron chi connectivity index (χ2n) is 4.01.